The van der Waals surface area contributed by atoms with E-state index >= 15 is 0 Å². The highest BCUT2D eigenvalue weighted by molar-refractivity contribution is 5.77. The molecule has 4 heteroatoms. The summed E-state index contributed by atoms with van der Waals surface area (Å²) in [7, 11) is 0. The molecular formula is C16H23FN2O. The van der Waals surface area contributed by atoms with Crippen molar-refractivity contribution in [3.8, 4) is 0 Å². The summed E-state index contributed by atoms with van der Waals surface area (Å²) in [6.07, 6.45) is 3.93. The fourth-order valence-electron chi connectivity index (χ4n) is 2.58. The number of carbonyl (C=O) groups excluding carboxylic acids is 1. The molecule has 0 aromatic heterocycles. The highest BCUT2D eigenvalue weighted by atomic mass is 19.1. The number of nitrogens with one attached hydrogen (secondary N) is 2. The van der Waals surface area contributed by atoms with E-state index in [1.54, 1.807) is 13.0 Å². The van der Waals surface area contributed by atoms with Gasteiger partial charge in [0.1, 0.15) is 5.82 Å². The third-order valence-electron chi connectivity index (χ3n) is 3.92. The first-order chi connectivity index (χ1) is 9.56. The van der Waals surface area contributed by atoms with Gasteiger partial charge in [0, 0.05) is 12.5 Å². The Balaban J connectivity index is 1.87. The first-order valence-electron chi connectivity index (χ1n) is 7.35. The van der Waals surface area contributed by atoms with E-state index in [2.05, 4.69) is 10.6 Å². The normalized spacial score (nSPS) is 20.4. The Kier molecular flexibility index (Phi) is 5.12. The van der Waals surface area contributed by atoms with Gasteiger partial charge in [0.15, 0.2) is 0 Å². The van der Waals surface area contributed by atoms with Gasteiger partial charge in [-0.15, -0.1) is 0 Å². The number of hydrogen-bond acceptors (Lipinski definition) is 2. The van der Waals surface area contributed by atoms with Crippen LogP contribution in [-0.2, 0) is 4.79 Å². The third-order valence-corrected chi connectivity index (χ3v) is 3.92. The molecule has 20 heavy (non-hydrogen) atoms. The van der Waals surface area contributed by atoms with E-state index < -0.39 is 0 Å². The minimum Gasteiger partial charge on any atom is -0.350 e. The summed E-state index contributed by atoms with van der Waals surface area (Å²) in [5.41, 5.74) is 1.43. The molecule has 2 N–H and O–H groups in total. The van der Waals surface area contributed by atoms with Crippen molar-refractivity contribution < 1.29 is 9.18 Å². The van der Waals surface area contributed by atoms with Crippen molar-refractivity contribution in [3.63, 3.8) is 0 Å². The second-order valence-electron chi connectivity index (χ2n) is 5.65. The second-order valence-corrected chi connectivity index (χ2v) is 5.65. The summed E-state index contributed by atoms with van der Waals surface area (Å²) in [4.78, 5) is 12.0. The molecule has 1 heterocycles. The molecule has 0 saturated carbocycles. The number of rotatable bonds is 4. The zero-order valence-electron chi connectivity index (χ0n) is 12.2. The number of halogens is 1. The van der Waals surface area contributed by atoms with E-state index in [9.17, 15) is 9.18 Å². The molecule has 2 unspecified atom stereocenters. The topological polar surface area (TPSA) is 41.1 Å². The standard InChI is InChI=1S/C16H23FN2O/c1-11-6-7-13(9-15(11)17)12(2)19-16(20)10-14-5-3-4-8-18-14/h6-7,9,12,14,18H,3-5,8,10H2,1-2H3,(H,19,20). The van der Waals surface area contributed by atoms with Crippen molar-refractivity contribution in [1.82, 2.24) is 10.6 Å². The first kappa shape index (κ1) is 15.0. The molecular weight excluding hydrogens is 255 g/mol. The highest BCUT2D eigenvalue weighted by Crippen LogP contribution is 2.17. The lowest BCUT2D eigenvalue weighted by molar-refractivity contribution is -0.122. The van der Waals surface area contributed by atoms with Crippen LogP contribution in [0.2, 0.25) is 0 Å². The summed E-state index contributed by atoms with van der Waals surface area (Å²) in [5, 5.41) is 6.30. The molecule has 1 fully saturated rings. The van der Waals surface area contributed by atoms with Crippen molar-refractivity contribution in [2.75, 3.05) is 6.54 Å². The fraction of sp³-hybridized carbons (Fsp3) is 0.562. The Morgan fingerprint density at radius 1 is 1.50 bits per heavy atom. The number of hydrogen-bond donors (Lipinski definition) is 2. The van der Waals surface area contributed by atoms with Crippen molar-refractivity contribution in [2.45, 2.75) is 51.6 Å². The van der Waals surface area contributed by atoms with E-state index in [-0.39, 0.29) is 23.8 Å². The van der Waals surface area contributed by atoms with E-state index in [0.717, 1.165) is 18.5 Å². The van der Waals surface area contributed by atoms with Crippen LogP contribution < -0.4 is 10.6 Å². The maximum absolute atomic E-state index is 13.5. The fourth-order valence-corrected chi connectivity index (χ4v) is 2.58. The molecule has 2 rings (SSSR count). The predicted molar refractivity (Wildman–Crippen MR) is 78.0 cm³/mol. The Bertz CT molecular complexity index is 470. The largest absolute Gasteiger partial charge is 0.350 e. The van der Waals surface area contributed by atoms with E-state index in [4.69, 9.17) is 0 Å². The summed E-state index contributed by atoms with van der Waals surface area (Å²) in [6, 6.07) is 5.23. The molecule has 1 aliphatic rings. The zero-order chi connectivity index (χ0) is 14.5. The van der Waals surface area contributed by atoms with Crippen LogP contribution in [0.1, 0.15) is 49.8 Å². The maximum Gasteiger partial charge on any atom is 0.222 e. The summed E-state index contributed by atoms with van der Waals surface area (Å²) in [5.74, 6) is -0.199. The number of amides is 1. The Hall–Kier alpha value is -1.42. The van der Waals surface area contributed by atoms with E-state index in [0.29, 0.717) is 12.0 Å². The quantitative estimate of drug-likeness (QED) is 0.889. The minimum atomic E-state index is -0.224. The van der Waals surface area contributed by atoms with Crippen LogP contribution in [0.15, 0.2) is 18.2 Å². The van der Waals surface area contributed by atoms with Gasteiger partial charge in [0.25, 0.3) is 0 Å². The molecule has 1 aromatic rings. The van der Waals surface area contributed by atoms with Gasteiger partial charge < -0.3 is 10.6 Å². The number of aryl methyl sites for hydroxylation is 1. The van der Waals surface area contributed by atoms with Gasteiger partial charge in [-0.25, -0.2) is 4.39 Å². The zero-order valence-corrected chi connectivity index (χ0v) is 12.2. The number of piperidine rings is 1. The molecule has 3 nitrogen and oxygen atoms in total. The van der Waals surface area contributed by atoms with Crippen LogP contribution in [0.25, 0.3) is 0 Å². The number of carbonyl (C=O) groups is 1. The maximum atomic E-state index is 13.5. The van der Waals surface area contributed by atoms with Crippen LogP contribution in [-0.4, -0.2) is 18.5 Å². The lowest BCUT2D eigenvalue weighted by atomic mass is 10.0. The van der Waals surface area contributed by atoms with Crippen LogP contribution >= 0.6 is 0 Å². The SMILES string of the molecule is Cc1ccc(C(C)NC(=O)CC2CCCCN2)cc1F. The molecule has 0 aliphatic carbocycles. The van der Waals surface area contributed by atoms with Gasteiger partial charge in [-0.3, -0.25) is 4.79 Å². The van der Waals surface area contributed by atoms with Gasteiger partial charge in [-0.1, -0.05) is 18.6 Å². The molecule has 2 atom stereocenters. The molecule has 0 bridgehead atoms. The molecule has 0 spiro atoms. The number of benzene rings is 1. The third kappa shape index (κ3) is 4.04. The minimum absolute atomic E-state index is 0.0258. The summed E-state index contributed by atoms with van der Waals surface area (Å²) in [6.45, 7) is 4.62. The van der Waals surface area contributed by atoms with Crippen molar-refractivity contribution in [3.05, 3.63) is 35.1 Å². The average molecular weight is 278 g/mol. The van der Waals surface area contributed by atoms with Crippen molar-refractivity contribution >= 4 is 5.91 Å². The molecule has 0 radical (unpaired) electrons. The lowest BCUT2D eigenvalue weighted by Gasteiger charge is -2.24. The second kappa shape index (κ2) is 6.84. The molecule has 1 saturated heterocycles. The molecule has 1 amide bonds. The summed E-state index contributed by atoms with van der Waals surface area (Å²) < 4.78 is 13.5. The van der Waals surface area contributed by atoms with Crippen LogP contribution in [0.3, 0.4) is 0 Å². The monoisotopic (exact) mass is 278 g/mol. The average Bonchev–Trinajstić information content (AvgIpc) is 2.42. The van der Waals surface area contributed by atoms with Gasteiger partial charge in [0.05, 0.1) is 6.04 Å². The Labute approximate surface area is 120 Å². The van der Waals surface area contributed by atoms with Crippen molar-refractivity contribution in [1.29, 1.82) is 0 Å². The molecule has 1 aromatic carbocycles. The van der Waals surface area contributed by atoms with Gasteiger partial charge in [-0.2, -0.15) is 0 Å². The predicted octanol–water partition coefficient (Wildman–Crippen LogP) is 2.84. The highest BCUT2D eigenvalue weighted by Gasteiger charge is 2.18. The van der Waals surface area contributed by atoms with E-state index in [1.165, 1.54) is 18.9 Å². The molecule has 1 aliphatic heterocycles. The van der Waals surface area contributed by atoms with Gasteiger partial charge in [-0.05, 0) is 50.4 Å². The Morgan fingerprint density at radius 3 is 2.95 bits per heavy atom. The van der Waals surface area contributed by atoms with Crippen LogP contribution in [0, 0.1) is 12.7 Å². The summed E-state index contributed by atoms with van der Waals surface area (Å²) >= 11 is 0. The lowest BCUT2D eigenvalue weighted by Crippen LogP contribution is -2.39. The molecule has 110 valence electrons. The van der Waals surface area contributed by atoms with Crippen LogP contribution in [0.5, 0.6) is 0 Å². The van der Waals surface area contributed by atoms with Gasteiger partial charge >= 0.3 is 0 Å². The first-order valence-corrected chi connectivity index (χ1v) is 7.35. The van der Waals surface area contributed by atoms with Crippen LogP contribution in [0.4, 0.5) is 4.39 Å². The smallest absolute Gasteiger partial charge is 0.222 e. The van der Waals surface area contributed by atoms with Crippen molar-refractivity contribution in [2.24, 2.45) is 0 Å². The Morgan fingerprint density at radius 2 is 2.30 bits per heavy atom. The van der Waals surface area contributed by atoms with E-state index in [1.807, 2.05) is 13.0 Å². The van der Waals surface area contributed by atoms with Gasteiger partial charge in [0.2, 0.25) is 5.91 Å².